The van der Waals surface area contributed by atoms with E-state index in [1.54, 1.807) is 7.11 Å². The molecule has 0 amide bonds. The maximum atomic E-state index is 5.58. The lowest BCUT2D eigenvalue weighted by molar-refractivity contribution is -0.0287. The van der Waals surface area contributed by atoms with Gasteiger partial charge < -0.3 is 61.6 Å². The van der Waals surface area contributed by atoms with E-state index in [-0.39, 0.29) is 0 Å². The van der Waals surface area contributed by atoms with E-state index >= 15 is 0 Å². The fourth-order valence-corrected chi connectivity index (χ4v) is 3.65. The van der Waals surface area contributed by atoms with Gasteiger partial charge in [0.25, 0.3) is 0 Å². The molecule has 0 aromatic carbocycles. The Balaban J connectivity index is 3.03. The summed E-state index contributed by atoms with van der Waals surface area (Å²) in [6.45, 7) is 16.1. The summed E-state index contributed by atoms with van der Waals surface area (Å²) < 4.78 is 70.5. The minimum absolute atomic E-state index is 0.517. The molecule has 0 radical (unpaired) electrons. The van der Waals surface area contributed by atoms with Crippen molar-refractivity contribution in [1.82, 2.24) is 0 Å². The Hall–Kier alpha value is -0.520. The van der Waals surface area contributed by atoms with Gasteiger partial charge in [-0.15, -0.1) is 0 Å². The zero-order valence-electron chi connectivity index (χ0n) is 29.2. The van der Waals surface area contributed by atoms with Crippen LogP contribution >= 0.6 is 0 Å². The van der Waals surface area contributed by atoms with E-state index in [1.165, 1.54) is 32.1 Å². The van der Waals surface area contributed by atoms with Crippen molar-refractivity contribution in [2.24, 2.45) is 0 Å². The largest absolute Gasteiger partial charge is 0.382 e. The van der Waals surface area contributed by atoms with Gasteiger partial charge >= 0.3 is 0 Å². The van der Waals surface area contributed by atoms with E-state index in [4.69, 9.17) is 61.6 Å². The van der Waals surface area contributed by atoms with Gasteiger partial charge in [0.2, 0.25) is 0 Å². The van der Waals surface area contributed by atoms with E-state index in [2.05, 4.69) is 6.92 Å². The van der Waals surface area contributed by atoms with E-state index in [1.807, 2.05) is 0 Å². The third-order valence-corrected chi connectivity index (χ3v) is 6.17. The molecule has 0 spiro atoms. The Morgan fingerprint density at radius 3 is 0.652 bits per heavy atom. The lowest BCUT2D eigenvalue weighted by atomic mass is 10.1. The monoisotopic (exact) mass is 672 g/mol. The van der Waals surface area contributed by atoms with Gasteiger partial charge in [-0.25, -0.2) is 0 Å². The van der Waals surface area contributed by atoms with E-state index in [9.17, 15) is 0 Å². The molecule has 0 aromatic rings. The Bertz CT molecular complexity index is 476. The van der Waals surface area contributed by atoms with Crippen LogP contribution in [0.5, 0.6) is 0 Å². The van der Waals surface area contributed by atoms with Crippen molar-refractivity contribution in [2.45, 2.75) is 45.4 Å². The minimum atomic E-state index is 0.517. The van der Waals surface area contributed by atoms with Crippen LogP contribution in [0.25, 0.3) is 0 Å². The zero-order chi connectivity index (χ0) is 33.1. The van der Waals surface area contributed by atoms with Gasteiger partial charge in [-0.05, 0) is 6.42 Å². The standard InChI is InChI=1S/C33H68O13/c1-3-4-5-6-7-8-9-35-12-13-37-16-17-39-20-21-41-24-25-43-28-29-45-32-33-46-31-30-44-27-26-42-23-22-40-19-18-38-15-14-36-11-10-34-2/h3-33H2,1-2H3. The second-order valence-corrected chi connectivity index (χ2v) is 10.1. The highest BCUT2D eigenvalue weighted by atomic mass is 16.6. The molecule has 0 aliphatic rings. The molecule has 0 heterocycles. The molecule has 0 unspecified atom stereocenters. The van der Waals surface area contributed by atoms with Gasteiger partial charge in [0.15, 0.2) is 0 Å². The molecule has 0 rings (SSSR count). The van der Waals surface area contributed by atoms with Gasteiger partial charge in [0, 0.05) is 13.7 Å². The average Bonchev–Trinajstić information content (AvgIpc) is 3.07. The predicted molar refractivity (Wildman–Crippen MR) is 175 cm³/mol. The summed E-state index contributed by atoms with van der Waals surface area (Å²) in [4.78, 5) is 0. The van der Waals surface area contributed by atoms with Gasteiger partial charge in [0.05, 0.1) is 159 Å². The smallest absolute Gasteiger partial charge is 0.0701 e. The number of hydrogen-bond donors (Lipinski definition) is 0. The SMILES string of the molecule is CCCCCCCCOCCOCCOCCOCCOCCOCCOCCOCCOCCOCCOCCOCCOC. The lowest BCUT2D eigenvalue weighted by Crippen LogP contribution is -2.15. The average molecular weight is 673 g/mol. The summed E-state index contributed by atoms with van der Waals surface area (Å²) in [5.74, 6) is 0. The number of hydrogen-bond acceptors (Lipinski definition) is 13. The summed E-state index contributed by atoms with van der Waals surface area (Å²) in [7, 11) is 1.65. The molecular formula is C33H68O13. The molecule has 0 aliphatic heterocycles. The van der Waals surface area contributed by atoms with Crippen molar-refractivity contribution >= 4 is 0 Å². The first kappa shape index (κ1) is 45.5. The maximum Gasteiger partial charge on any atom is 0.0701 e. The molecule has 0 fully saturated rings. The molecule has 0 aromatic heterocycles. The Kier molecular flexibility index (Phi) is 44.0. The first-order valence-corrected chi connectivity index (χ1v) is 17.3. The van der Waals surface area contributed by atoms with Crippen LogP contribution in [0.3, 0.4) is 0 Å². The fourth-order valence-electron chi connectivity index (χ4n) is 3.65. The molecule has 0 atom stereocenters. The Morgan fingerprint density at radius 2 is 0.413 bits per heavy atom. The second-order valence-electron chi connectivity index (χ2n) is 10.1. The molecule has 0 N–H and O–H groups in total. The van der Waals surface area contributed by atoms with Gasteiger partial charge in [-0.2, -0.15) is 0 Å². The summed E-state index contributed by atoms with van der Waals surface area (Å²) in [6, 6.07) is 0. The van der Waals surface area contributed by atoms with Crippen molar-refractivity contribution < 1.29 is 61.6 Å². The van der Waals surface area contributed by atoms with Gasteiger partial charge in [0.1, 0.15) is 0 Å². The van der Waals surface area contributed by atoms with Crippen molar-refractivity contribution in [3.63, 3.8) is 0 Å². The van der Waals surface area contributed by atoms with Crippen LogP contribution in [-0.4, -0.2) is 172 Å². The van der Waals surface area contributed by atoms with Crippen molar-refractivity contribution in [3.8, 4) is 0 Å². The van der Waals surface area contributed by atoms with E-state index < -0.39 is 0 Å². The molecule has 13 nitrogen and oxygen atoms in total. The highest BCUT2D eigenvalue weighted by molar-refractivity contribution is 4.44. The second kappa shape index (κ2) is 44.5. The normalized spacial score (nSPS) is 11.6. The van der Waals surface area contributed by atoms with Gasteiger partial charge in [-0.1, -0.05) is 39.0 Å². The minimum Gasteiger partial charge on any atom is -0.382 e. The van der Waals surface area contributed by atoms with E-state index in [0.29, 0.717) is 159 Å². The molecule has 0 aliphatic carbocycles. The Labute approximate surface area is 279 Å². The highest BCUT2D eigenvalue weighted by Gasteiger charge is 1.97. The quantitative estimate of drug-likeness (QED) is 0.0883. The number of unbranched alkanes of at least 4 members (excludes halogenated alkanes) is 5. The third kappa shape index (κ3) is 43.5. The molecule has 13 heteroatoms. The van der Waals surface area contributed by atoms with Crippen LogP contribution in [0, 0.1) is 0 Å². The first-order valence-electron chi connectivity index (χ1n) is 17.3. The van der Waals surface area contributed by atoms with Crippen molar-refractivity contribution in [2.75, 3.05) is 172 Å². The fraction of sp³-hybridized carbons (Fsp3) is 1.00. The first-order chi connectivity index (χ1) is 22.9. The van der Waals surface area contributed by atoms with Crippen LogP contribution in [0.2, 0.25) is 0 Å². The zero-order valence-corrected chi connectivity index (χ0v) is 29.2. The third-order valence-electron chi connectivity index (χ3n) is 6.17. The molecule has 46 heavy (non-hydrogen) atoms. The lowest BCUT2D eigenvalue weighted by Gasteiger charge is -2.09. The molecule has 0 saturated heterocycles. The van der Waals surface area contributed by atoms with Crippen LogP contribution in [0.15, 0.2) is 0 Å². The van der Waals surface area contributed by atoms with Crippen LogP contribution in [0.4, 0.5) is 0 Å². The Morgan fingerprint density at radius 1 is 0.217 bits per heavy atom. The van der Waals surface area contributed by atoms with Crippen molar-refractivity contribution in [3.05, 3.63) is 0 Å². The van der Waals surface area contributed by atoms with Gasteiger partial charge in [-0.3, -0.25) is 0 Å². The predicted octanol–water partition coefficient (Wildman–Crippen LogP) is 3.19. The number of rotatable bonds is 43. The molecule has 0 bridgehead atoms. The topological polar surface area (TPSA) is 120 Å². The maximum absolute atomic E-state index is 5.58. The van der Waals surface area contributed by atoms with Crippen molar-refractivity contribution in [1.29, 1.82) is 0 Å². The summed E-state index contributed by atoms with van der Waals surface area (Å²) in [5, 5.41) is 0. The van der Waals surface area contributed by atoms with Crippen LogP contribution in [-0.2, 0) is 61.6 Å². The van der Waals surface area contributed by atoms with Crippen LogP contribution < -0.4 is 0 Å². The molecule has 278 valence electrons. The molecule has 0 saturated carbocycles. The number of ether oxygens (including phenoxy) is 13. The van der Waals surface area contributed by atoms with E-state index in [0.717, 1.165) is 13.0 Å². The number of methoxy groups -OCH3 is 1. The van der Waals surface area contributed by atoms with Crippen LogP contribution in [0.1, 0.15) is 45.4 Å². The molecular weight excluding hydrogens is 604 g/mol. The highest BCUT2D eigenvalue weighted by Crippen LogP contribution is 2.04. The summed E-state index contributed by atoms with van der Waals surface area (Å²) in [6.07, 6.45) is 7.68. The summed E-state index contributed by atoms with van der Waals surface area (Å²) >= 11 is 0. The summed E-state index contributed by atoms with van der Waals surface area (Å²) in [5.41, 5.74) is 0.